The van der Waals surface area contributed by atoms with Crippen molar-refractivity contribution in [2.24, 2.45) is 0 Å². The van der Waals surface area contributed by atoms with E-state index in [1.165, 1.54) is 4.57 Å². The Morgan fingerprint density at radius 2 is 2.09 bits per heavy atom. The lowest BCUT2D eigenvalue weighted by Crippen LogP contribution is -2.18. The van der Waals surface area contributed by atoms with Crippen LogP contribution in [0, 0.1) is 3.95 Å². The summed E-state index contributed by atoms with van der Waals surface area (Å²) in [5, 5.41) is 11.7. The summed E-state index contributed by atoms with van der Waals surface area (Å²) >= 11 is 6.02. The van der Waals surface area contributed by atoms with E-state index in [0.29, 0.717) is 3.95 Å². The second-order valence-corrected chi connectivity index (χ2v) is 6.08. The van der Waals surface area contributed by atoms with Crippen molar-refractivity contribution in [3.8, 4) is 0 Å². The molecule has 0 bridgehead atoms. The van der Waals surface area contributed by atoms with Crippen LogP contribution in [0.25, 0.3) is 0 Å². The van der Waals surface area contributed by atoms with Gasteiger partial charge in [-0.25, -0.2) is 9.59 Å². The van der Waals surface area contributed by atoms with Gasteiger partial charge in [0.1, 0.15) is 12.4 Å². The minimum Gasteiger partial charge on any atom is -0.477 e. The molecule has 1 aromatic carbocycles. The number of nitrogens with zero attached hydrogens (tertiary/aromatic N) is 1. The zero-order valence-electron chi connectivity index (χ0n) is 12.0. The fourth-order valence-electron chi connectivity index (χ4n) is 1.82. The first-order valence-electron chi connectivity index (χ1n) is 6.58. The van der Waals surface area contributed by atoms with Gasteiger partial charge >= 0.3 is 12.1 Å². The number of allylic oxidation sites excluding steroid dienone is 1. The van der Waals surface area contributed by atoms with Gasteiger partial charge in [-0.2, -0.15) is 0 Å². The molecule has 0 aliphatic carbocycles. The molecule has 0 fully saturated rings. The Hall–Kier alpha value is -2.45. The number of carboxylic acids is 1. The van der Waals surface area contributed by atoms with Crippen molar-refractivity contribution in [3.63, 3.8) is 0 Å². The van der Waals surface area contributed by atoms with Crippen molar-refractivity contribution in [1.29, 1.82) is 0 Å². The van der Waals surface area contributed by atoms with Crippen LogP contribution in [0.3, 0.4) is 0 Å². The summed E-state index contributed by atoms with van der Waals surface area (Å²) in [5.41, 5.74) is 0.828. The van der Waals surface area contributed by atoms with Gasteiger partial charge < -0.3 is 14.4 Å². The number of hydrogen-bond donors (Lipinski definition) is 2. The Labute approximate surface area is 141 Å². The van der Waals surface area contributed by atoms with Crippen LogP contribution in [0.2, 0.25) is 0 Å². The van der Waals surface area contributed by atoms with Crippen LogP contribution < -0.4 is 5.32 Å². The number of carbonyl (C=O) groups is 2. The molecule has 6 nitrogen and oxygen atoms in total. The Balaban J connectivity index is 2.14. The average molecular weight is 350 g/mol. The lowest BCUT2D eigenvalue weighted by Gasteiger charge is -2.10. The lowest BCUT2D eigenvalue weighted by molar-refractivity contribution is 0.0702. The Morgan fingerprint density at radius 1 is 1.39 bits per heavy atom. The second-order valence-electron chi connectivity index (χ2n) is 4.44. The van der Waals surface area contributed by atoms with Crippen molar-refractivity contribution >= 4 is 41.4 Å². The summed E-state index contributed by atoms with van der Waals surface area (Å²) in [6, 6.07) is 9.16. The third-order valence-electron chi connectivity index (χ3n) is 2.83. The molecule has 0 aliphatic heterocycles. The molecule has 0 radical (unpaired) electrons. The average Bonchev–Trinajstić information content (AvgIpc) is 2.84. The maximum atomic E-state index is 11.9. The first-order valence-corrected chi connectivity index (χ1v) is 7.81. The number of rotatable bonds is 6. The molecule has 2 N–H and O–H groups in total. The number of aromatic nitrogens is 1. The smallest absolute Gasteiger partial charge is 0.413 e. The van der Waals surface area contributed by atoms with Crippen molar-refractivity contribution in [3.05, 3.63) is 57.4 Å². The monoisotopic (exact) mass is 350 g/mol. The number of aromatic carboxylic acids is 1. The molecule has 1 amide bonds. The summed E-state index contributed by atoms with van der Waals surface area (Å²) in [6.45, 7) is 3.97. The van der Waals surface area contributed by atoms with E-state index in [9.17, 15) is 14.7 Å². The Kier molecular flexibility index (Phi) is 5.67. The van der Waals surface area contributed by atoms with E-state index in [1.54, 1.807) is 6.08 Å². The molecule has 1 heterocycles. The number of amides is 1. The summed E-state index contributed by atoms with van der Waals surface area (Å²) in [7, 11) is 0. The second kappa shape index (κ2) is 7.70. The number of ether oxygens (including phenoxy) is 1. The maximum Gasteiger partial charge on any atom is 0.413 e. The summed E-state index contributed by atoms with van der Waals surface area (Å²) in [5.74, 6) is -1.06. The molecule has 120 valence electrons. The number of carboxylic acid groups (broad SMARTS) is 1. The van der Waals surface area contributed by atoms with Crippen LogP contribution in [0.5, 0.6) is 0 Å². The predicted octanol–water partition coefficient (Wildman–Crippen LogP) is 3.91. The first-order chi connectivity index (χ1) is 11.0. The standard InChI is InChI=1S/C15H14N2O4S2/c1-2-8-17-12(11(13(18)19)23-15(17)22)16-14(20)21-9-10-6-4-3-5-7-10/h2-7H,1,8-9H2,(H,16,20)(H,18,19). The minimum absolute atomic E-state index is 0.0477. The molecular weight excluding hydrogens is 336 g/mol. The fourth-order valence-corrected chi connectivity index (χ4v) is 3.04. The molecule has 0 aliphatic rings. The van der Waals surface area contributed by atoms with Gasteiger partial charge in [-0.05, 0) is 17.8 Å². The van der Waals surface area contributed by atoms with E-state index in [1.807, 2.05) is 30.3 Å². The van der Waals surface area contributed by atoms with Crippen LogP contribution in [0.1, 0.15) is 15.2 Å². The van der Waals surface area contributed by atoms with Crippen LogP contribution in [-0.4, -0.2) is 21.7 Å². The topological polar surface area (TPSA) is 80.6 Å². The molecule has 23 heavy (non-hydrogen) atoms. The van der Waals surface area contributed by atoms with Gasteiger partial charge in [0.05, 0.1) is 0 Å². The zero-order chi connectivity index (χ0) is 16.8. The molecule has 2 aromatic rings. The normalized spacial score (nSPS) is 10.1. The molecule has 0 saturated carbocycles. The third kappa shape index (κ3) is 4.27. The van der Waals surface area contributed by atoms with Crippen LogP contribution in [-0.2, 0) is 17.9 Å². The first kappa shape index (κ1) is 16.9. The zero-order valence-corrected chi connectivity index (χ0v) is 13.7. The molecule has 0 unspecified atom stereocenters. The molecular formula is C15H14N2O4S2. The van der Waals surface area contributed by atoms with Crippen molar-refractivity contribution in [1.82, 2.24) is 4.57 Å². The summed E-state index contributed by atoms with van der Waals surface area (Å²) < 4.78 is 6.92. The van der Waals surface area contributed by atoms with Crippen LogP contribution >= 0.6 is 23.6 Å². The van der Waals surface area contributed by atoms with Crippen LogP contribution in [0.4, 0.5) is 10.6 Å². The summed E-state index contributed by atoms with van der Waals surface area (Å²) in [6.07, 6.45) is 0.816. The van der Waals surface area contributed by atoms with E-state index >= 15 is 0 Å². The number of hydrogen-bond acceptors (Lipinski definition) is 5. The highest BCUT2D eigenvalue weighted by atomic mass is 32.1. The van der Waals surface area contributed by atoms with Gasteiger partial charge in [0.2, 0.25) is 0 Å². The highest BCUT2D eigenvalue weighted by Gasteiger charge is 2.20. The minimum atomic E-state index is -1.16. The largest absolute Gasteiger partial charge is 0.477 e. The SMILES string of the molecule is C=CCn1c(NC(=O)OCc2ccccc2)c(C(=O)O)sc1=S. The van der Waals surface area contributed by atoms with Gasteiger partial charge in [-0.3, -0.25) is 5.32 Å². The number of carbonyl (C=O) groups excluding carboxylic acids is 1. The number of thiazole rings is 1. The van der Waals surface area contributed by atoms with E-state index in [-0.39, 0.29) is 23.8 Å². The fraction of sp³-hybridized carbons (Fsp3) is 0.133. The number of anilines is 1. The Morgan fingerprint density at radius 3 is 2.70 bits per heavy atom. The van der Waals surface area contributed by atoms with Crippen LogP contribution in [0.15, 0.2) is 43.0 Å². The van der Waals surface area contributed by atoms with E-state index in [0.717, 1.165) is 16.9 Å². The quantitative estimate of drug-likeness (QED) is 0.610. The van der Waals surface area contributed by atoms with E-state index in [2.05, 4.69) is 11.9 Å². The predicted molar refractivity (Wildman–Crippen MR) is 90.5 cm³/mol. The highest BCUT2D eigenvalue weighted by Crippen LogP contribution is 2.25. The van der Waals surface area contributed by atoms with E-state index in [4.69, 9.17) is 17.0 Å². The lowest BCUT2D eigenvalue weighted by atomic mass is 10.2. The molecule has 2 rings (SSSR count). The van der Waals surface area contributed by atoms with Gasteiger partial charge in [0.25, 0.3) is 0 Å². The molecule has 0 spiro atoms. The van der Waals surface area contributed by atoms with E-state index < -0.39 is 12.1 Å². The molecule has 8 heteroatoms. The third-order valence-corrected chi connectivity index (χ3v) is 4.27. The molecule has 0 atom stereocenters. The van der Waals surface area contributed by atoms with Gasteiger partial charge in [-0.1, -0.05) is 47.7 Å². The van der Waals surface area contributed by atoms with Gasteiger partial charge in [-0.15, -0.1) is 6.58 Å². The van der Waals surface area contributed by atoms with Crippen molar-refractivity contribution in [2.45, 2.75) is 13.2 Å². The maximum absolute atomic E-state index is 11.9. The number of nitrogens with one attached hydrogen (secondary N) is 1. The molecule has 0 saturated heterocycles. The van der Waals surface area contributed by atoms with Crippen molar-refractivity contribution < 1.29 is 19.4 Å². The highest BCUT2D eigenvalue weighted by molar-refractivity contribution is 7.73. The van der Waals surface area contributed by atoms with Gasteiger partial charge in [0, 0.05) is 6.54 Å². The molecule has 1 aromatic heterocycles. The van der Waals surface area contributed by atoms with Crippen molar-refractivity contribution in [2.75, 3.05) is 5.32 Å². The van der Waals surface area contributed by atoms with Gasteiger partial charge in [0.15, 0.2) is 8.83 Å². The Bertz CT molecular complexity index is 781. The number of benzene rings is 1. The summed E-state index contributed by atoms with van der Waals surface area (Å²) in [4.78, 5) is 23.2.